The first-order valence-corrected chi connectivity index (χ1v) is 5.51. The van der Waals surface area contributed by atoms with Gasteiger partial charge in [-0.2, -0.15) is 5.26 Å². The van der Waals surface area contributed by atoms with Gasteiger partial charge in [-0.05, 0) is 12.5 Å². The van der Waals surface area contributed by atoms with Crippen LogP contribution >= 0.6 is 0 Å². The van der Waals surface area contributed by atoms with Crippen molar-refractivity contribution in [1.29, 1.82) is 5.26 Å². The second-order valence-electron chi connectivity index (χ2n) is 3.96. The number of nitriles is 1. The fourth-order valence-corrected chi connectivity index (χ4v) is 2.07. The molecule has 0 radical (unpaired) electrons. The molecular formula is C12H12FN3O2. The highest BCUT2D eigenvalue weighted by atomic mass is 19.1. The normalized spacial score (nSPS) is 22.6. The molecule has 2 rings (SSSR count). The Kier molecular flexibility index (Phi) is 3.42. The van der Waals surface area contributed by atoms with Crippen LogP contribution in [0.15, 0.2) is 18.5 Å². The van der Waals surface area contributed by atoms with Crippen LogP contribution in [0.3, 0.4) is 0 Å². The molecule has 94 valence electrons. The SMILES string of the molecule is COC(=O)c1ccncc1N1CCC(F)C1C#N. The van der Waals surface area contributed by atoms with Gasteiger partial charge in [-0.15, -0.1) is 0 Å². The van der Waals surface area contributed by atoms with Gasteiger partial charge >= 0.3 is 5.97 Å². The zero-order valence-electron chi connectivity index (χ0n) is 9.84. The second-order valence-corrected chi connectivity index (χ2v) is 3.96. The van der Waals surface area contributed by atoms with E-state index < -0.39 is 18.2 Å². The Labute approximate surface area is 104 Å². The molecule has 18 heavy (non-hydrogen) atoms. The van der Waals surface area contributed by atoms with Crippen LogP contribution < -0.4 is 4.90 Å². The smallest absolute Gasteiger partial charge is 0.340 e. The lowest BCUT2D eigenvalue weighted by atomic mass is 10.1. The van der Waals surface area contributed by atoms with Gasteiger partial charge in [0.15, 0.2) is 0 Å². The minimum absolute atomic E-state index is 0.272. The number of nitrogens with zero attached hydrogens (tertiary/aromatic N) is 3. The van der Waals surface area contributed by atoms with Crippen molar-refractivity contribution in [3.05, 3.63) is 24.0 Å². The second kappa shape index (κ2) is 5.00. The van der Waals surface area contributed by atoms with Gasteiger partial charge in [0.2, 0.25) is 0 Å². The summed E-state index contributed by atoms with van der Waals surface area (Å²) in [7, 11) is 1.27. The fourth-order valence-electron chi connectivity index (χ4n) is 2.07. The molecule has 2 heterocycles. The third-order valence-electron chi connectivity index (χ3n) is 2.97. The summed E-state index contributed by atoms with van der Waals surface area (Å²) in [6.07, 6.45) is 1.98. The van der Waals surface area contributed by atoms with E-state index in [0.29, 0.717) is 17.8 Å². The minimum atomic E-state index is -1.21. The van der Waals surface area contributed by atoms with Crippen molar-refractivity contribution in [2.45, 2.75) is 18.6 Å². The van der Waals surface area contributed by atoms with E-state index in [0.717, 1.165) is 0 Å². The molecule has 1 aromatic heterocycles. The molecule has 0 aromatic carbocycles. The Balaban J connectivity index is 2.40. The van der Waals surface area contributed by atoms with Crippen LogP contribution in [0, 0.1) is 11.3 Å². The zero-order chi connectivity index (χ0) is 13.1. The van der Waals surface area contributed by atoms with E-state index in [1.165, 1.54) is 25.6 Å². The van der Waals surface area contributed by atoms with Crippen LogP contribution in [-0.2, 0) is 4.74 Å². The average molecular weight is 249 g/mol. The first kappa shape index (κ1) is 12.3. The van der Waals surface area contributed by atoms with Gasteiger partial charge in [0.1, 0.15) is 12.2 Å². The molecule has 0 bridgehead atoms. The van der Waals surface area contributed by atoms with Gasteiger partial charge in [0, 0.05) is 12.7 Å². The monoisotopic (exact) mass is 249 g/mol. The first-order valence-electron chi connectivity index (χ1n) is 5.51. The van der Waals surface area contributed by atoms with Gasteiger partial charge in [-0.1, -0.05) is 0 Å². The Bertz CT molecular complexity index is 500. The van der Waals surface area contributed by atoms with Crippen LogP contribution in [-0.4, -0.2) is 36.8 Å². The molecule has 2 unspecified atom stereocenters. The van der Waals surface area contributed by atoms with Crippen LogP contribution in [0.2, 0.25) is 0 Å². The van der Waals surface area contributed by atoms with E-state index in [-0.39, 0.29) is 6.42 Å². The van der Waals surface area contributed by atoms with Crippen LogP contribution in [0.5, 0.6) is 0 Å². The summed E-state index contributed by atoms with van der Waals surface area (Å²) in [6, 6.07) is 2.54. The van der Waals surface area contributed by atoms with E-state index in [9.17, 15) is 9.18 Å². The van der Waals surface area contributed by atoms with E-state index in [1.54, 1.807) is 4.90 Å². The molecule has 0 N–H and O–H groups in total. The number of ether oxygens (including phenoxy) is 1. The number of carbonyl (C=O) groups is 1. The molecule has 2 atom stereocenters. The number of alkyl halides is 1. The van der Waals surface area contributed by atoms with E-state index in [4.69, 9.17) is 5.26 Å². The molecule has 1 saturated heterocycles. The summed E-state index contributed by atoms with van der Waals surface area (Å²) < 4.78 is 18.2. The van der Waals surface area contributed by atoms with Crippen molar-refractivity contribution in [1.82, 2.24) is 4.98 Å². The van der Waals surface area contributed by atoms with E-state index in [2.05, 4.69) is 9.72 Å². The van der Waals surface area contributed by atoms with Crippen molar-refractivity contribution < 1.29 is 13.9 Å². The number of hydrogen-bond donors (Lipinski definition) is 0. The molecule has 1 aromatic rings. The maximum absolute atomic E-state index is 13.5. The number of carbonyl (C=O) groups excluding carboxylic acids is 1. The third-order valence-corrected chi connectivity index (χ3v) is 2.97. The Morgan fingerprint density at radius 1 is 1.72 bits per heavy atom. The Morgan fingerprint density at radius 3 is 3.17 bits per heavy atom. The zero-order valence-corrected chi connectivity index (χ0v) is 9.84. The number of pyridine rings is 1. The van der Waals surface area contributed by atoms with Crippen LogP contribution in [0.4, 0.5) is 10.1 Å². The molecule has 1 aliphatic heterocycles. The maximum atomic E-state index is 13.5. The topological polar surface area (TPSA) is 66.2 Å². The summed E-state index contributed by atoms with van der Waals surface area (Å²) >= 11 is 0. The van der Waals surface area contributed by atoms with Crippen LogP contribution in [0.1, 0.15) is 16.8 Å². The van der Waals surface area contributed by atoms with Crippen molar-refractivity contribution in [3.8, 4) is 6.07 Å². The summed E-state index contributed by atoms with van der Waals surface area (Å²) in [5, 5.41) is 8.99. The van der Waals surface area contributed by atoms with Crippen molar-refractivity contribution >= 4 is 11.7 Å². The lowest BCUT2D eigenvalue weighted by Gasteiger charge is -2.23. The van der Waals surface area contributed by atoms with Gasteiger partial charge in [0.25, 0.3) is 0 Å². The molecular weight excluding hydrogens is 237 g/mol. The predicted molar refractivity (Wildman–Crippen MR) is 61.8 cm³/mol. The molecule has 5 nitrogen and oxygen atoms in total. The predicted octanol–water partition coefficient (Wildman–Crippen LogP) is 1.31. The summed E-state index contributed by atoms with van der Waals surface area (Å²) in [5.41, 5.74) is 0.734. The van der Waals surface area contributed by atoms with Gasteiger partial charge in [0.05, 0.1) is 30.6 Å². The van der Waals surface area contributed by atoms with Crippen molar-refractivity contribution in [3.63, 3.8) is 0 Å². The number of esters is 1. The Hall–Kier alpha value is -2.16. The number of aromatic nitrogens is 1. The van der Waals surface area contributed by atoms with Gasteiger partial charge < -0.3 is 9.64 Å². The molecule has 0 spiro atoms. The first-order chi connectivity index (χ1) is 8.69. The van der Waals surface area contributed by atoms with E-state index >= 15 is 0 Å². The van der Waals surface area contributed by atoms with Crippen molar-refractivity contribution in [2.24, 2.45) is 0 Å². The quantitative estimate of drug-likeness (QED) is 0.739. The standard InChI is InChI=1S/C12H12FN3O2/c1-18-12(17)8-2-4-15-7-11(8)16-5-3-9(13)10(16)6-14/h2,4,7,9-10H,3,5H2,1H3. The lowest BCUT2D eigenvalue weighted by molar-refractivity contribution is 0.0601. The largest absolute Gasteiger partial charge is 0.465 e. The molecule has 6 heteroatoms. The summed E-state index contributed by atoms with van der Waals surface area (Å²) in [6.45, 7) is 0.384. The molecule has 0 saturated carbocycles. The number of halogens is 1. The fraction of sp³-hybridized carbons (Fsp3) is 0.417. The highest BCUT2D eigenvalue weighted by Gasteiger charge is 2.36. The highest BCUT2D eigenvalue weighted by molar-refractivity contribution is 5.95. The molecule has 0 amide bonds. The Morgan fingerprint density at radius 2 is 2.50 bits per heavy atom. The number of rotatable bonds is 2. The minimum Gasteiger partial charge on any atom is -0.465 e. The summed E-state index contributed by atoms with van der Waals surface area (Å²) in [5.74, 6) is -0.522. The number of hydrogen-bond acceptors (Lipinski definition) is 5. The third kappa shape index (κ3) is 1.99. The van der Waals surface area contributed by atoms with E-state index in [1.807, 2.05) is 6.07 Å². The van der Waals surface area contributed by atoms with Crippen molar-refractivity contribution in [2.75, 3.05) is 18.6 Å². The molecule has 1 fully saturated rings. The van der Waals surface area contributed by atoms with Crippen LogP contribution in [0.25, 0.3) is 0 Å². The number of anilines is 1. The number of methoxy groups -OCH3 is 1. The average Bonchev–Trinajstić information content (AvgIpc) is 2.78. The molecule has 1 aliphatic rings. The summed E-state index contributed by atoms with van der Waals surface area (Å²) in [4.78, 5) is 17.1. The molecule has 0 aliphatic carbocycles. The highest BCUT2D eigenvalue weighted by Crippen LogP contribution is 2.29. The lowest BCUT2D eigenvalue weighted by Crippen LogP contribution is -2.33. The maximum Gasteiger partial charge on any atom is 0.340 e. The van der Waals surface area contributed by atoms with Gasteiger partial charge in [-0.3, -0.25) is 4.98 Å². The van der Waals surface area contributed by atoms with Gasteiger partial charge in [-0.25, -0.2) is 9.18 Å².